The first-order chi connectivity index (χ1) is 12.7. The minimum atomic E-state index is -0.0325. The maximum atomic E-state index is 6.48. The number of halogens is 1. The number of nitrogens with two attached hydrogens (primary N) is 1. The number of aromatic nitrogens is 1. The van der Waals surface area contributed by atoms with Crippen molar-refractivity contribution in [2.24, 2.45) is 5.73 Å². The van der Waals surface area contributed by atoms with E-state index in [1.54, 1.807) is 0 Å². The normalized spacial score (nSPS) is 16.1. The topological polar surface area (TPSA) is 42.1 Å². The molecule has 1 saturated heterocycles. The van der Waals surface area contributed by atoms with Gasteiger partial charge in [-0.3, -0.25) is 4.90 Å². The average molecular weight is 364 g/mol. The van der Waals surface area contributed by atoms with Crippen LogP contribution in [0, 0.1) is 0 Å². The maximum Gasteiger partial charge on any atom is 0.0835 e. The number of hydrogen-bond acceptors (Lipinski definition) is 3. The Bertz CT molecular complexity index is 944. The summed E-state index contributed by atoms with van der Waals surface area (Å²) in [5.74, 6) is 0. The number of hydrogen-bond donors (Lipinski definition) is 1. The molecule has 2 N–H and O–H groups in total. The van der Waals surface area contributed by atoms with Crippen molar-refractivity contribution in [1.82, 2.24) is 9.88 Å². The largest absolute Gasteiger partial charge is 0.312 e. The standard InChI is InChI=1S/C22H22ClN3/c1-2-15-5-10-18-19(23)14-20(25-21(18)13-15)16-6-8-17(9-7-16)22(24)26-11-3-4-12-26/h2,5-10,13-14,22H,1,3-4,11-12,24H2. The molecule has 0 spiro atoms. The Labute approximate surface area is 159 Å². The molecule has 3 aromatic rings. The van der Waals surface area contributed by atoms with E-state index in [4.69, 9.17) is 22.3 Å². The van der Waals surface area contributed by atoms with Crippen molar-refractivity contribution in [2.75, 3.05) is 13.1 Å². The zero-order valence-electron chi connectivity index (χ0n) is 14.7. The molecule has 1 aromatic heterocycles. The molecular formula is C22H22ClN3. The number of pyridine rings is 1. The van der Waals surface area contributed by atoms with Crippen molar-refractivity contribution in [3.05, 3.63) is 71.3 Å². The number of fused-ring (bicyclic) bond motifs is 1. The zero-order valence-corrected chi connectivity index (χ0v) is 15.4. The van der Waals surface area contributed by atoms with Gasteiger partial charge in [0.2, 0.25) is 0 Å². The minimum Gasteiger partial charge on any atom is -0.312 e. The van der Waals surface area contributed by atoms with Gasteiger partial charge < -0.3 is 5.73 Å². The van der Waals surface area contributed by atoms with Gasteiger partial charge in [0.15, 0.2) is 0 Å². The van der Waals surface area contributed by atoms with E-state index >= 15 is 0 Å². The number of nitrogens with zero attached hydrogens (tertiary/aromatic N) is 2. The van der Waals surface area contributed by atoms with E-state index in [1.165, 1.54) is 12.8 Å². The Balaban J connectivity index is 1.67. The van der Waals surface area contributed by atoms with Crippen LogP contribution in [-0.2, 0) is 0 Å². The van der Waals surface area contributed by atoms with Crippen LogP contribution in [-0.4, -0.2) is 23.0 Å². The van der Waals surface area contributed by atoms with Gasteiger partial charge >= 0.3 is 0 Å². The van der Waals surface area contributed by atoms with Crippen LogP contribution in [0.5, 0.6) is 0 Å². The number of likely N-dealkylation sites (tertiary alicyclic amines) is 1. The summed E-state index contributed by atoms with van der Waals surface area (Å²) in [5.41, 5.74) is 11.3. The Morgan fingerprint density at radius 3 is 2.50 bits per heavy atom. The third kappa shape index (κ3) is 3.26. The molecule has 1 aliphatic rings. The molecule has 2 aromatic carbocycles. The lowest BCUT2D eigenvalue weighted by molar-refractivity contribution is 0.251. The number of benzene rings is 2. The smallest absolute Gasteiger partial charge is 0.0835 e. The lowest BCUT2D eigenvalue weighted by Crippen LogP contribution is -2.31. The Kier molecular flexibility index (Phi) is 4.77. The fourth-order valence-corrected chi connectivity index (χ4v) is 3.82. The molecule has 3 nitrogen and oxygen atoms in total. The second kappa shape index (κ2) is 7.20. The quantitative estimate of drug-likeness (QED) is 0.688. The van der Waals surface area contributed by atoms with Crippen molar-refractivity contribution in [3.8, 4) is 11.3 Å². The predicted molar refractivity (Wildman–Crippen MR) is 110 cm³/mol. The summed E-state index contributed by atoms with van der Waals surface area (Å²) >= 11 is 6.48. The average Bonchev–Trinajstić information content (AvgIpc) is 3.22. The molecule has 1 unspecified atom stereocenters. The third-order valence-electron chi connectivity index (χ3n) is 5.10. The van der Waals surface area contributed by atoms with Gasteiger partial charge in [-0.15, -0.1) is 0 Å². The fraction of sp³-hybridized carbons (Fsp3) is 0.227. The van der Waals surface area contributed by atoms with E-state index in [0.717, 1.165) is 46.4 Å². The third-order valence-corrected chi connectivity index (χ3v) is 5.41. The highest BCUT2D eigenvalue weighted by Crippen LogP contribution is 2.30. The van der Waals surface area contributed by atoms with Gasteiger partial charge in [-0.1, -0.05) is 60.7 Å². The highest BCUT2D eigenvalue weighted by atomic mass is 35.5. The molecular weight excluding hydrogens is 342 g/mol. The molecule has 2 heterocycles. The summed E-state index contributed by atoms with van der Waals surface area (Å²) in [4.78, 5) is 7.12. The predicted octanol–water partition coefficient (Wildman–Crippen LogP) is 5.25. The Hall–Kier alpha value is -2.20. The Morgan fingerprint density at radius 1 is 1.08 bits per heavy atom. The van der Waals surface area contributed by atoms with Crippen molar-refractivity contribution < 1.29 is 0 Å². The van der Waals surface area contributed by atoms with Crippen LogP contribution in [0.2, 0.25) is 5.02 Å². The summed E-state index contributed by atoms with van der Waals surface area (Å²) in [6.45, 7) is 5.98. The molecule has 132 valence electrons. The second-order valence-corrected chi connectivity index (χ2v) is 7.19. The van der Waals surface area contributed by atoms with E-state index in [2.05, 4.69) is 35.7 Å². The molecule has 1 fully saturated rings. The van der Waals surface area contributed by atoms with E-state index in [0.29, 0.717) is 5.02 Å². The van der Waals surface area contributed by atoms with Crippen LogP contribution in [0.1, 0.15) is 30.1 Å². The van der Waals surface area contributed by atoms with Crippen LogP contribution in [0.15, 0.2) is 55.1 Å². The fourth-order valence-electron chi connectivity index (χ4n) is 3.56. The molecule has 0 aliphatic carbocycles. The van der Waals surface area contributed by atoms with E-state index in [9.17, 15) is 0 Å². The lowest BCUT2D eigenvalue weighted by Gasteiger charge is -2.23. The first kappa shape index (κ1) is 17.2. The maximum absolute atomic E-state index is 6.48. The van der Waals surface area contributed by atoms with E-state index < -0.39 is 0 Å². The van der Waals surface area contributed by atoms with Crippen LogP contribution >= 0.6 is 11.6 Å². The number of rotatable bonds is 4. The van der Waals surface area contributed by atoms with Crippen LogP contribution in [0.3, 0.4) is 0 Å². The molecule has 4 heteroatoms. The van der Waals surface area contributed by atoms with Crippen molar-refractivity contribution >= 4 is 28.6 Å². The SMILES string of the molecule is C=Cc1ccc2c(Cl)cc(-c3ccc(C(N)N4CCCC4)cc3)nc2c1. The zero-order chi connectivity index (χ0) is 18.1. The van der Waals surface area contributed by atoms with Crippen LogP contribution in [0.4, 0.5) is 0 Å². The van der Waals surface area contributed by atoms with Gasteiger partial charge in [-0.25, -0.2) is 4.98 Å². The van der Waals surface area contributed by atoms with E-state index in [1.807, 2.05) is 30.3 Å². The Morgan fingerprint density at radius 2 is 1.81 bits per heavy atom. The summed E-state index contributed by atoms with van der Waals surface area (Å²) in [6.07, 6.45) is 4.25. The molecule has 0 radical (unpaired) electrons. The van der Waals surface area contributed by atoms with Crippen molar-refractivity contribution in [1.29, 1.82) is 0 Å². The highest BCUT2D eigenvalue weighted by Gasteiger charge is 2.19. The van der Waals surface area contributed by atoms with Gasteiger partial charge in [0.05, 0.1) is 22.4 Å². The first-order valence-corrected chi connectivity index (χ1v) is 9.36. The molecule has 4 rings (SSSR count). The molecule has 0 saturated carbocycles. The van der Waals surface area contributed by atoms with Gasteiger partial charge in [0.25, 0.3) is 0 Å². The molecule has 1 atom stereocenters. The molecule has 1 aliphatic heterocycles. The minimum absolute atomic E-state index is 0.0325. The summed E-state index contributed by atoms with van der Waals surface area (Å²) in [7, 11) is 0. The van der Waals surface area contributed by atoms with Crippen LogP contribution < -0.4 is 5.73 Å². The molecule has 0 amide bonds. The van der Waals surface area contributed by atoms with Gasteiger partial charge in [-0.2, -0.15) is 0 Å². The van der Waals surface area contributed by atoms with Crippen molar-refractivity contribution in [2.45, 2.75) is 19.0 Å². The first-order valence-electron chi connectivity index (χ1n) is 8.98. The van der Waals surface area contributed by atoms with Gasteiger partial charge in [0, 0.05) is 10.9 Å². The second-order valence-electron chi connectivity index (χ2n) is 6.78. The molecule has 26 heavy (non-hydrogen) atoms. The molecule has 0 bridgehead atoms. The van der Waals surface area contributed by atoms with Crippen molar-refractivity contribution in [3.63, 3.8) is 0 Å². The monoisotopic (exact) mass is 363 g/mol. The lowest BCUT2D eigenvalue weighted by atomic mass is 10.0. The van der Waals surface area contributed by atoms with Crippen LogP contribution in [0.25, 0.3) is 28.2 Å². The van der Waals surface area contributed by atoms with Gasteiger partial charge in [-0.05, 0) is 49.2 Å². The van der Waals surface area contributed by atoms with Gasteiger partial charge in [0.1, 0.15) is 0 Å². The summed E-state index contributed by atoms with van der Waals surface area (Å²) in [6, 6.07) is 16.3. The summed E-state index contributed by atoms with van der Waals surface area (Å²) in [5, 5.41) is 1.66. The summed E-state index contributed by atoms with van der Waals surface area (Å²) < 4.78 is 0. The highest BCUT2D eigenvalue weighted by molar-refractivity contribution is 6.35. The van der Waals surface area contributed by atoms with E-state index in [-0.39, 0.29) is 6.17 Å².